The number of nitrogens with zero attached hydrogens (tertiary/aromatic N) is 1. The zero-order valence-electron chi connectivity index (χ0n) is 23.1. The first-order chi connectivity index (χ1) is 18.1. The average Bonchev–Trinajstić information content (AvgIpc) is 2.86. The summed E-state index contributed by atoms with van der Waals surface area (Å²) >= 11 is 0. The molecule has 0 aliphatic carbocycles. The van der Waals surface area contributed by atoms with Crippen LogP contribution in [0, 0.1) is 11.9 Å². The van der Waals surface area contributed by atoms with Gasteiger partial charge in [0.1, 0.15) is 5.82 Å². The van der Waals surface area contributed by atoms with E-state index in [1.807, 2.05) is 32.2 Å². The SMILES string of the molecule is CC(=O)/C=C(/C)O.CC(C)c1cc2ccnc(-c3[c-]c4ccc5ccccc5c4c(C(C)C)c3)c2cc1F.[Ir]. The summed E-state index contributed by atoms with van der Waals surface area (Å²) in [7, 11) is 0. The third-order valence-corrected chi connectivity index (χ3v) is 6.58. The van der Waals surface area contributed by atoms with Crippen LogP contribution in [-0.2, 0) is 24.9 Å². The van der Waals surface area contributed by atoms with E-state index >= 15 is 0 Å². The molecule has 0 bridgehead atoms. The Labute approximate surface area is 243 Å². The molecule has 5 rings (SSSR count). The molecule has 0 atom stereocenters. The van der Waals surface area contributed by atoms with Gasteiger partial charge in [0.05, 0.1) is 5.76 Å². The maximum Gasteiger partial charge on any atom is 0.155 e. The van der Waals surface area contributed by atoms with Crippen LogP contribution in [0.4, 0.5) is 4.39 Å². The molecule has 203 valence electrons. The maximum absolute atomic E-state index is 14.9. The summed E-state index contributed by atoms with van der Waals surface area (Å²) in [6, 6.07) is 24.1. The van der Waals surface area contributed by atoms with Crippen molar-refractivity contribution < 1.29 is 34.4 Å². The van der Waals surface area contributed by atoms with E-state index < -0.39 is 0 Å². The molecular formula is C34H33FIrNO2-. The number of pyridine rings is 1. The Hall–Kier alpha value is -3.40. The van der Waals surface area contributed by atoms with Gasteiger partial charge in [-0.15, -0.1) is 29.1 Å². The topological polar surface area (TPSA) is 50.2 Å². The Balaban J connectivity index is 0.000000468. The first-order valence-electron chi connectivity index (χ1n) is 12.9. The molecule has 1 aromatic heterocycles. The predicted molar refractivity (Wildman–Crippen MR) is 156 cm³/mol. The molecule has 0 spiro atoms. The smallest absolute Gasteiger partial charge is 0.155 e. The molecule has 5 aromatic rings. The minimum absolute atomic E-state index is 0. The van der Waals surface area contributed by atoms with Crippen LogP contribution in [0.2, 0.25) is 0 Å². The quantitative estimate of drug-likeness (QED) is 0.0881. The molecule has 0 saturated heterocycles. The van der Waals surface area contributed by atoms with Gasteiger partial charge in [0.2, 0.25) is 0 Å². The second kappa shape index (κ2) is 12.6. The van der Waals surface area contributed by atoms with Gasteiger partial charge in [-0.1, -0.05) is 69.0 Å². The van der Waals surface area contributed by atoms with Crippen LogP contribution in [-0.4, -0.2) is 15.9 Å². The van der Waals surface area contributed by atoms with Crippen LogP contribution in [0.1, 0.15) is 64.5 Å². The van der Waals surface area contributed by atoms with Gasteiger partial charge in [0.15, 0.2) is 5.78 Å². The van der Waals surface area contributed by atoms with Crippen molar-refractivity contribution in [2.45, 2.75) is 53.4 Å². The largest absolute Gasteiger partial charge is 0.512 e. The number of ketones is 1. The summed E-state index contributed by atoms with van der Waals surface area (Å²) in [4.78, 5) is 14.7. The van der Waals surface area contributed by atoms with Crippen LogP contribution >= 0.6 is 0 Å². The van der Waals surface area contributed by atoms with Gasteiger partial charge in [0.25, 0.3) is 0 Å². The molecule has 1 N–H and O–H groups in total. The van der Waals surface area contributed by atoms with Gasteiger partial charge in [0, 0.05) is 38.1 Å². The average molecular weight is 699 g/mol. The molecule has 0 fully saturated rings. The normalized spacial score (nSPS) is 11.6. The number of rotatable bonds is 4. The molecule has 0 amide bonds. The first-order valence-corrected chi connectivity index (χ1v) is 12.9. The molecule has 0 aliphatic heterocycles. The minimum atomic E-state index is -0.174. The minimum Gasteiger partial charge on any atom is -0.512 e. The summed E-state index contributed by atoms with van der Waals surface area (Å²) in [6.07, 6.45) is 2.98. The summed E-state index contributed by atoms with van der Waals surface area (Å²) in [5.74, 6) is 0.232. The molecular weight excluding hydrogens is 666 g/mol. The van der Waals surface area contributed by atoms with Gasteiger partial charge >= 0.3 is 0 Å². The molecule has 1 heterocycles. The van der Waals surface area contributed by atoms with E-state index in [9.17, 15) is 9.18 Å². The Morgan fingerprint density at radius 3 is 2.21 bits per heavy atom. The van der Waals surface area contributed by atoms with Crippen molar-refractivity contribution in [1.82, 2.24) is 4.98 Å². The van der Waals surface area contributed by atoms with Gasteiger partial charge < -0.3 is 5.11 Å². The zero-order valence-corrected chi connectivity index (χ0v) is 25.5. The molecule has 0 aliphatic rings. The summed E-state index contributed by atoms with van der Waals surface area (Å²) in [5, 5.41) is 15.0. The van der Waals surface area contributed by atoms with E-state index in [0.29, 0.717) is 5.92 Å². The third kappa shape index (κ3) is 6.61. The zero-order chi connectivity index (χ0) is 27.6. The van der Waals surface area contributed by atoms with E-state index in [1.54, 1.807) is 6.07 Å². The predicted octanol–water partition coefficient (Wildman–Crippen LogP) is 9.43. The number of aliphatic hydroxyl groups excluding tert-OH is 1. The fourth-order valence-corrected chi connectivity index (χ4v) is 4.84. The Morgan fingerprint density at radius 1 is 0.897 bits per heavy atom. The number of carbonyl (C=O) groups is 1. The number of benzene rings is 4. The van der Waals surface area contributed by atoms with Crippen molar-refractivity contribution in [1.29, 1.82) is 0 Å². The maximum atomic E-state index is 14.9. The molecule has 0 saturated carbocycles. The fourth-order valence-electron chi connectivity index (χ4n) is 4.84. The van der Waals surface area contributed by atoms with Gasteiger partial charge in [-0.25, -0.2) is 4.39 Å². The fraction of sp³-hybridized carbons (Fsp3) is 0.235. The van der Waals surface area contributed by atoms with Crippen LogP contribution in [0.25, 0.3) is 43.6 Å². The Bertz CT molecular complexity index is 1680. The standard InChI is InChI=1S/C29H25FN.C5H8O2.Ir/c1-17(2)24-14-20-11-12-31-29(26(20)16-27(24)30)22-13-21-10-9-19-7-5-6-8-23(19)28(21)25(15-22)18(3)4;1-4(6)3-5(2)7;/h5-12,14-18H,1-4H3;3,6H,1-2H3;/q-1;;/b;4-3-;. The van der Waals surface area contributed by atoms with E-state index in [2.05, 4.69) is 67.4 Å². The molecule has 3 nitrogen and oxygen atoms in total. The number of carbonyl (C=O) groups excluding carboxylic acids is 1. The molecule has 4 aromatic carbocycles. The van der Waals surface area contributed by atoms with Crippen molar-refractivity contribution in [2.75, 3.05) is 0 Å². The van der Waals surface area contributed by atoms with Crippen molar-refractivity contribution in [3.05, 3.63) is 102 Å². The van der Waals surface area contributed by atoms with Gasteiger partial charge in [-0.3, -0.25) is 9.78 Å². The molecule has 0 unspecified atom stereocenters. The van der Waals surface area contributed by atoms with Crippen molar-refractivity contribution in [3.8, 4) is 11.3 Å². The van der Waals surface area contributed by atoms with Gasteiger partial charge in [-0.05, 0) is 71.0 Å². The number of halogens is 1. The Morgan fingerprint density at radius 2 is 1.59 bits per heavy atom. The van der Waals surface area contributed by atoms with Crippen molar-refractivity contribution in [2.24, 2.45) is 0 Å². The summed E-state index contributed by atoms with van der Waals surface area (Å²) in [6.45, 7) is 11.3. The van der Waals surface area contributed by atoms with Crippen molar-refractivity contribution in [3.63, 3.8) is 0 Å². The Kier molecular flexibility index (Phi) is 9.77. The second-order valence-electron chi connectivity index (χ2n) is 10.3. The van der Waals surface area contributed by atoms with Crippen LogP contribution in [0.15, 0.2) is 78.7 Å². The number of allylic oxidation sites excluding steroid dienone is 2. The van der Waals surface area contributed by atoms with Crippen LogP contribution in [0.5, 0.6) is 0 Å². The third-order valence-electron chi connectivity index (χ3n) is 6.58. The van der Waals surface area contributed by atoms with Gasteiger partial charge in [-0.2, -0.15) is 0 Å². The number of hydrogen-bond acceptors (Lipinski definition) is 3. The summed E-state index contributed by atoms with van der Waals surface area (Å²) in [5.41, 5.74) is 3.69. The van der Waals surface area contributed by atoms with E-state index in [4.69, 9.17) is 5.11 Å². The van der Waals surface area contributed by atoms with Crippen LogP contribution in [0.3, 0.4) is 0 Å². The van der Waals surface area contributed by atoms with E-state index in [-0.39, 0.29) is 43.4 Å². The van der Waals surface area contributed by atoms with Crippen molar-refractivity contribution >= 4 is 38.1 Å². The first kappa shape index (κ1) is 30.1. The number of fused-ring (bicyclic) bond motifs is 4. The van der Waals surface area contributed by atoms with Crippen LogP contribution < -0.4 is 0 Å². The number of aromatic nitrogens is 1. The molecule has 39 heavy (non-hydrogen) atoms. The number of aliphatic hydroxyl groups is 1. The number of hydrogen-bond donors (Lipinski definition) is 1. The summed E-state index contributed by atoms with van der Waals surface area (Å²) < 4.78 is 14.9. The second-order valence-corrected chi connectivity index (χ2v) is 10.3. The molecule has 1 radical (unpaired) electrons. The monoisotopic (exact) mass is 699 g/mol. The van der Waals surface area contributed by atoms with E-state index in [1.165, 1.54) is 41.6 Å². The molecule has 5 heteroatoms. The van der Waals surface area contributed by atoms with E-state index in [0.717, 1.165) is 33.0 Å².